The first-order valence-corrected chi connectivity index (χ1v) is 6.31. The molecule has 4 N–H and O–H groups in total. The number of halogens is 2. The number of benzene rings is 2. The van der Waals surface area contributed by atoms with Crippen LogP contribution >= 0.6 is 24.0 Å². The lowest BCUT2D eigenvalue weighted by atomic mass is 10.3. The van der Waals surface area contributed by atoms with Crippen molar-refractivity contribution in [2.24, 2.45) is 10.7 Å². The van der Waals surface area contributed by atoms with Crippen molar-refractivity contribution in [1.82, 2.24) is 0 Å². The summed E-state index contributed by atoms with van der Waals surface area (Å²) < 4.78 is 13.0. The largest absolute Gasteiger partial charge is 0.370 e. The van der Waals surface area contributed by atoms with Crippen molar-refractivity contribution in [3.63, 3.8) is 0 Å². The van der Waals surface area contributed by atoms with Gasteiger partial charge < -0.3 is 16.4 Å². The molecule has 2 aromatic rings. The number of rotatable bonds is 4. The Hall–Kier alpha value is -2.16. The molecule has 2 aromatic carbocycles. The summed E-state index contributed by atoms with van der Waals surface area (Å²) in [5.41, 5.74) is 6.83. The second kappa shape index (κ2) is 8.98. The number of nitrogens with zero attached hydrogens (tertiary/aromatic N) is 1. The maximum Gasteiger partial charge on any atom is 0.246 e. The van der Waals surface area contributed by atoms with E-state index in [1.807, 2.05) is 30.3 Å². The number of hydrogen-bond acceptors (Lipinski definition) is 2. The van der Waals surface area contributed by atoms with Crippen LogP contribution in [0.4, 0.5) is 15.8 Å². The zero-order valence-corrected chi connectivity index (χ0v) is 14.0. The quantitative estimate of drug-likeness (QED) is 0.409. The number of anilines is 2. The lowest BCUT2D eigenvalue weighted by Gasteiger charge is -2.06. The summed E-state index contributed by atoms with van der Waals surface area (Å²) in [6.45, 7) is -0.151. The van der Waals surface area contributed by atoms with E-state index in [0.29, 0.717) is 5.69 Å². The molecule has 0 aromatic heterocycles. The Balaban J connectivity index is 0.00000242. The Bertz CT molecular complexity index is 649. The summed E-state index contributed by atoms with van der Waals surface area (Å²) in [7, 11) is 0. The van der Waals surface area contributed by atoms with Crippen LogP contribution in [-0.2, 0) is 4.79 Å². The summed E-state index contributed by atoms with van der Waals surface area (Å²) in [5.74, 6) is -0.657. The van der Waals surface area contributed by atoms with Crippen molar-refractivity contribution in [3.8, 4) is 0 Å². The summed E-state index contributed by atoms with van der Waals surface area (Å²) in [6, 6.07) is 14.9. The topological polar surface area (TPSA) is 79.5 Å². The molecule has 0 spiro atoms. The number of aliphatic imine (C=N–C) groups is 1. The molecule has 0 atom stereocenters. The van der Waals surface area contributed by atoms with Crippen molar-refractivity contribution in [2.45, 2.75) is 0 Å². The third-order valence-corrected chi connectivity index (χ3v) is 2.55. The lowest BCUT2D eigenvalue weighted by Crippen LogP contribution is -2.25. The number of hydrogen-bond donors (Lipinski definition) is 3. The van der Waals surface area contributed by atoms with Crippen LogP contribution in [0.25, 0.3) is 0 Å². The molecular weight excluding hydrogens is 398 g/mol. The van der Waals surface area contributed by atoms with E-state index in [9.17, 15) is 9.18 Å². The van der Waals surface area contributed by atoms with Gasteiger partial charge in [0.05, 0.1) is 0 Å². The molecule has 7 heteroatoms. The standard InChI is InChI=1S/C15H15FN4O.HI/c16-11-5-4-8-13(9-11)19-14(21)10-18-15(17)20-12-6-2-1-3-7-12;/h1-9H,10H2,(H,19,21)(H3,17,18,20);1H. The molecular formula is C15H16FIN4O. The maximum absolute atomic E-state index is 13.0. The van der Waals surface area contributed by atoms with Crippen molar-refractivity contribution in [1.29, 1.82) is 0 Å². The molecule has 0 aliphatic heterocycles. The molecule has 0 heterocycles. The fourth-order valence-corrected chi connectivity index (χ4v) is 1.63. The number of carbonyl (C=O) groups is 1. The monoisotopic (exact) mass is 414 g/mol. The second-order valence-electron chi connectivity index (χ2n) is 4.25. The van der Waals surface area contributed by atoms with Crippen LogP contribution in [0.5, 0.6) is 0 Å². The van der Waals surface area contributed by atoms with Crippen LogP contribution in [-0.4, -0.2) is 18.4 Å². The Labute approximate surface area is 144 Å². The van der Waals surface area contributed by atoms with E-state index in [-0.39, 0.29) is 42.4 Å². The van der Waals surface area contributed by atoms with E-state index in [4.69, 9.17) is 5.73 Å². The third-order valence-electron chi connectivity index (χ3n) is 2.55. The molecule has 0 aliphatic rings. The summed E-state index contributed by atoms with van der Waals surface area (Å²) in [6.07, 6.45) is 0. The maximum atomic E-state index is 13.0. The van der Waals surface area contributed by atoms with Crippen LogP contribution in [0.15, 0.2) is 59.6 Å². The van der Waals surface area contributed by atoms with Gasteiger partial charge in [-0.05, 0) is 30.3 Å². The van der Waals surface area contributed by atoms with Gasteiger partial charge in [-0.1, -0.05) is 24.3 Å². The van der Waals surface area contributed by atoms with Gasteiger partial charge in [0.2, 0.25) is 5.91 Å². The first-order chi connectivity index (χ1) is 10.1. The van der Waals surface area contributed by atoms with Crippen molar-refractivity contribution >= 4 is 47.2 Å². The molecule has 0 saturated carbocycles. The molecule has 1 amide bonds. The van der Waals surface area contributed by atoms with E-state index in [1.54, 1.807) is 6.07 Å². The molecule has 0 aliphatic carbocycles. The number of carbonyl (C=O) groups excluding carboxylic acids is 1. The first-order valence-electron chi connectivity index (χ1n) is 6.31. The molecule has 22 heavy (non-hydrogen) atoms. The minimum Gasteiger partial charge on any atom is -0.370 e. The number of para-hydroxylation sites is 1. The van der Waals surface area contributed by atoms with Gasteiger partial charge >= 0.3 is 0 Å². The first kappa shape index (κ1) is 17.9. The van der Waals surface area contributed by atoms with Crippen LogP contribution in [0, 0.1) is 5.82 Å². The molecule has 0 saturated heterocycles. The average molecular weight is 414 g/mol. The Morgan fingerprint density at radius 2 is 1.73 bits per heavy atom. The molecule has 116 valence electrons. The number of amides is 1. The predicted molar refractivity (Wildman–Crippen MR) is 97.0 cm³/mol. The highest BCUT2D eigenvalue weighted by molar-refractivity contribution is 14.0. The molecule has 0 bridgehead atoms. The predicted octanol–water partition coefficient (Wildman–Crippen LogP) is 2.81. The van der Waals surface area contributed by atoms with E-state index >= 15 is 0 Å². The molecule has 0 radical (unpaired) electrons. The van der Waals surface area contributed by atoms with Gasteiger partial charge in [0, 0.05) is 11.4 Å². The van der Waals surface area contributed by atoms with Crippen LogP contribution in [0.2, 0.25) is 0 Å². The van der Waals surface area contributed by atoms with E-state index in [2.05, 4.69) is 15.6 Å². The van der Waals surface area contributed by atoms with Crippen molar-refractivity contribution in [3.05, 3.63) is 60.4 Å². The summed E-state index contributed by atoms with van der Waals surface area (Å²) in [5, 5.41) is 5.39. The number of guanidine groups is 1. The van der Waals surface area contributed by atoms with Crippen LogP contribution in [0.3, 0.4) is 0 Å². The fraction of sp³-hybridized carbons (Fsp3) is 0.0667. The molecule has 2 rings (SSSR count). The van der Waals surface area contributed by atoms with Gasteiger partial charge in [0.25, 0.3) is 0 Å². The van der Waals surface area contributed by atoms with Crippen LogP contribution in [0.1, 0.15) is 0 Å². The Morgan fingerprint density at radius 3 is 2.41 bits per heavy atom. The Kier molecular flexibility index (Phi) is 7.30. The summed E-state index contributed by atoms with van der Waals surface area (Å²) >= 11 is 0. The smallest absolute Gasteiger partial charge is 0.246 e. The van der Waals surface area contributed by atoms with E-state index < -0.39 is 5.82 Å². The summed E-state index contributed by atoms with van der Waals surface area (Å²) in [4.78, 5) is 15.6. The minimum atomic E-state index is -0.415. The van der Waals surface area contributed by atoms with Crippen LogP contribution < -0.4 is 16.4 Å². The Morgan fingerprint density at radius 1 is 1.05 bits per heavy atom. The highest BCUT2D eigenvalue weighted by atomic mass is 127. The van der Waals surface area contributed by atoms with Gasteiger partial charge in [-0.15, -0.1) is 24.0 Å². The van der Waals surface area contributed by atoms with E-state index in [0.717, 1.165) is 5.69 Å². The SMILES string of the molecule is I.NC(=NCC(=O)Nc1cccc(F)c1)Nc1ccccc1. The number of nitrogens with two attached hydrogens (primary N) is 1. The normalized spacial score (nSPS) is 10.5. The van der Waals surface area contributed by atoms with Gasteiger partial charge in [-0.3, -0.25) is 4.79 Å². The fourth-order valence-electron chi connectivity index (χ4n) is 1.63. The van der Waals surface area contributed by atoms with Gasteiger partial charge in [-0.25, -0.2) is 9.38 Å². The zero-order valence-electron chi connectivity index (χ0n) is 11.6. The lowest BCUT2D eigenvalue weighted by molar-refractivity contribution is -0.114. The second-order valence-corrected chi connectivity index (χ2v) is 4.25. The van der Waals surface area contributed by atoms with Gasteiger partial charge in [0.1, 0.15) is 12.4 Å². The van der Waals surface area contributed by atoms with Crippen molar-refractivity contribution in [2.75, 3.05) is 17.2 Å². The van der Waals surface area contributed by atoms with Gasteiger partial charge in [-0.2, -0.15) is 0 Å². The molecule has 0 fully saturated rings. The van der Waals surface area contributed by atoms with Gasteiger partial charge in [0.15, 0.2) is 5.96 Å². The molecule has 0 unspecified atom stereocenters. The number of nitrogens with one attached hydrogen (secondary N) is 2. The van der Waals surface area contributed by atoms with Crippen molar-refractivity contribution < 1.29 is 9.18 Å². The minimum absolute atomic E-state index is 0. The van der Waals surface area contributed by atoms with E-state index in [1.165, 1.54) is 18.2 Å². The zero-order chi connectivity index (χ0) is 15.1. The average Bonchev–Trinajstić information content (AvgIpc) is 2.46. The third kappa shape index (κ3) is 6.08. The highest BCUT2D eigenvalue weighted by Crippen LogP contribution is 2.08. The highest BCUT2D eigenvalue weighted by Gasteiger charge is 2.02. The molecule has 5 nitrogen and oxygen atoms in total.